The van der Waals surface area contributed by atoms with Gasteiger partial charge in [0, 0.05) is 31.1 Å². The number of nitrogens with one attached hydrogen (secondary N) is 2. The molecule has 4 rings (SSSR count). The van der Waals surface area contributed by atoms with Crippen molar-refractivity contribution in [3.05, 3.63) is 23.8 Å². The van der Waals surface area contributed by atoms with Gasteiger partial charge in [0.25, 0.3) is 0 Å². The lowest BCUT2D eigenvalue weighted by Gasteiger charge is -2.20. The van der Waals surface area contributed by atoms with E-state index < -0.39 is 12.7 Å². The molecule has 3 aliphatic rings. The maximum Gasteiger partial charge on any atom is 0.401 e. The number of likely N-dealkylation sites (tertiary alicyclic amines) is 1. The molecule has 1 aliphatic carbocycles. The number of benzene rings is 1. The molecule has 0 bridgehead atoms. The van der Waals surface area contributed by atoms with Crippen LogP contribution < -0.4 is 20.1 Å². The molecular formula is C20H28F3IN4O2. The second-order valence-corrected chi connectivity index (χ2v) is 8.02. The Morgan fingerprint density at radius 1 is 1.27 bits per heavy atom. The van der Waals surface area contributed by atoms with E-state index in [1.807, 2.05) is 19.1 Å². The maximum atomic E-state index is 12.6. The van der Waals surface area contributed by atoms with Crippen LogP contribution in [-0.4, -0.2) is 62.6 Å². The summed E-state index contributed by atoms with van der Waals surface area (Å²) in [5.41, 5.74) is 1.19. The van der Waals surface area contributed by atoms with Crippen LogP contribution in [0.15, 0.2) is 23.2 Å². The predicted molar refractivity (Wildman–Crippen MR) is 119 cm³/mol. The fraction of sp³-hybridized carbons (Fsp3) is 0.650. The van der Waals surface area contributed by atoms with Crippen LogP contribution in [0, 0.1) is 0 Å². The van der Waals surface area contributed by atoms with Crippen molar-refractivity contribution in [2.24, 2.45) is 4.99 Å². The van der Waals surface area contributed by atoms with Gasteiger partial charge < -0.3 is 20.1 Å². The summed E-state index contributed by atoms with van der Waals surface area (Å²) in [5, 5.41) is 6.53. The molecule has 0 amide bonds. The lowest BCUT2D eigenvalue weighted by atomic mass is 9.96. The Labute approximate surface area is 191 Å². The van der Waals surface area contributed by atoms with E-state index in [-0.39, 0.29) is 42.2 Å². The number of aliphatic imine (C=N–C) groups is 1. The van der Waals surface area contributed by atoms with Crippen molar-refractivity contribution in [2.75, 3.05) is 39.5 Å². The molecule has 1 saturated carbocycles. The van der Waals surface area contributed by atoms with Gasteiger partial charge in [-0.15, -0.1) is 24.0 Å². The summed E-state index contributed by atoms with van der Waals surface area (Å²) in [6.07, 6.45) is -1.37. The summed E-state index contributed by atoms with van der Waals surface area (Å²) in [6, 6.07) is 6.02. The number of rotatable bonds is 6. The van der Waals surface area contributed by atoms with Crippen LogP contribution in [0.25, 0.3) is 0 Å². The zero-order valence-electron chi connectivity index (χ0n) is 16.9. The van der Waals surface area contributed by atoms with Crippen LogP contribution in [0.2, 0.25) is 0 Å². The summed E-state index contributed by atoms with van der Waals surface area (Å²) >= 11 is 0. The summed E-state index contributed by atoms with van der Waals surface area (Å²) in [4.78, 5) is 6.20. The van der Waals surface area contributed by atoms with Gasteiger partial charge in [-0.2, -0.15) is 13.2 Å². The molecule has 0 spiro atoms. The Kier molecular flexibility index (Phi) is 7.26. The number of halogens is 4. The molecule has 2 aliphatic heterocycles. The molecule has 1 saturated heterocycles. The van der Waals surface area contributed by atoms with E-state index in [2.05, 4.69) is 16.7 Å². The Morgan fingerprint density at radius 2 is 2.03 bits per heavy atom. The summed E-state index contributed by atoms with van der Waals surface area (Å²) in [6.45, 7) is 3.52. The van der Waals surface area contributed by atoms with Gasteiger partial charge in [0.05, 0.1) is 13.1 Å². The molecule has 0 radical (unpaired) electrons. The van der Waals surface area contributed by atoms with Gasteiger partial charge in [0.2, 0.25) is 6.79 Å². The van der Waals surface area contributed by atoms with Crippen LogP contribution in [0.3, 0.4) is 0 Å². The molecule has 2 heterocycles. The van der Waals surface area contributed by atoms with E-state index >= 15 is 0 Å². The van der Waals surface area contributed by atoms with Crippen molar-refractivity contribution < 1.29 is 22.6 Å². The number of guanidine groups is 1. The van der Waals surface area contributed by atoms with Crippen LogP contribution >= 0.6 is 24.0 Å². The molecule has 2 N–H and O–H groups in total. The molecule has 1 aromatic rings. The van der Waals surface area contributed by atoms with Gasteiger partial charge in [-0.25, -0.2) is 0 Å². The van der Waals surface area contributed by atoms with Crippen LogP contribution in [-0.2, 0) is 5.41 Å². The number of ether oxygens (including phenoxy) is 2. The Hall–Kier alpha value is -1.43. The summed E-state index contributed by atoms with van der Waals surface area (Å²) < 4.78 is 48.7. The highest BCUT2D eigenvalue weighted by Crippen LogP contribution is 2.50. The van der Waals surface area contributed by atoms with Crippen molar-refractivity contribution in [1.29, 1.82) is 0 Å². The highest BCUT2D eigenvalue weighted by atomic mass is 127. The van der Waals surface area contributed by atoms with E-state index in [1.54, 1.807) is 0 Å². The number of alkyl halides is 3. The highest BCUT2D eigenvalue weighted by Gasteiger charge is 2.45. The lowest BCUT2D eigenvalue weighted by Crippen LogP contribution is -2.45. The van der Waals surface area contributed by atoms with Crippen LogP contribution in [0.1, 0.15) is 31.7 Å². The minimum Gasteiger partial charge on any atom is -0.454 e. The standard InChI is InChI=1S/C20H27F3N4O2.HI/c1-2-24-18(26-15-5-8-27(10-15)12-20(21,22)23)25-11-19(6-7-19)14-3-4-16-17(9-14)29-13-28-16;/h3-4,9,15H,2,5-8,10-13H2,1H3,(H2,24,25,26);1H. The Morgan fingerprint density at radius 3 is 2.73 bits per heavy atom. The van der Waals surface area contributed by atoms with Gasteiger partial charge >= 0.3 is 6.18 Å². The Balaban J connectivity index is 0.00000256. The summed E-state index contributed by atoms with van der Waals surface area (Å²) in [5.74, 6) is 2.21. The van der Waals surface area contributed by atoms with Crippen molar-refractivity contribution in [3.8, 4) is 11.5 Å². The lowest BCUT2D eigenvalue weighted by molar-refractivity contribution is -0.143. The van der Waals surface area contributed by atoms with E-state index in [0.29, 0.717) is 38.6 Å². The number of fused-ring (bicyclic) bond motifs is 1. The average molecular weight is 540 g/mol. The fourth-order valence-electron chi connectivity index (χ4n) is 4.01. The van der Waals surface area contributed by atoms with E-state index in [0.717, 1.165) is 24.3 Å². The van der Waals surface area contributed by atoms with Crippen LogP contribution in [0.5, 0.6) is 11.5 Å². The van der Waals surface area contributed by atoms with Crippen LogP contribution in [0.4, 0.5) is 13.2 Å². The van der Waals surface area contributed by atoms with Crippen molar-refractivity contribution >= 4 is 29.9 Å². The second-order valence-electron chi connectivity index (χ2n) is 8.02. The molecule has 30 heavy (non-hydrogen) atoms. The molecule has 0 aromatic heterocycles. The molecule has 1 atom stereocenters. The van der Waals surface area contributed by atoms with E-state index in [4.69, 9.17) is 14.5 Å². The monoisotopic (exact) mass is 540 g/mol. The number of hydrogen-bond acceptors (Lipinski definition) is 4. The largest absolute Gasteiger partial charge is 0.454 e. The van der Waals surface area contributed by atoms with Gasteiger partial charge in [-0.05, 0) is 43.9 Å². The molecule has 168 valence electrons. The molecule has 1 aromatic carbocycles. The molecule has 2 fully saturated rings. The average Bonchev–Trinajstić information content (AvgIpc) is 3.09. The molecule has 6 nitrogen and oxygen atoms in total. The normalized spacial score (nSPS) is 22.5. The van der Waals surface area contributed by atoms with Gasteiger partial charge in [-0.3, -0.25) is 9.89 Å². The maximum absolute atomic E-state index is 12.6. The van der Waals surface area contributed by atoms with Crippen molar-refractivity contribution in [2.45, 2.75) is 43.8 Å². The zero-order chi connectivity index (χ0) is 20.5. The highest BCUT2D eigenvalue weighted by molar-refractivity contribution is 14.0. The second kappa shape index (κ2) is 9.37. The summed E-state index contributed by atoms with van der Waals surface area (Å²) in [7, 11) is 0. The van der Waals surface area contributed by atoms with E-state index in [9.17, 15) is 13.2 Å². The van der Waals surface area contributed by atoms with Gasteiger partial charge in [0.1, 0.15) is 0 Å². The third-order valence-electron chi connectivity index (χ3n) is 5.74. The Bertz CT molecular complexity index is 771. The first-order valence-electron chi connectivity index (χ1n) is 10.1. The predicted octanol–water partition coefficient (Wildman–Crippen LogP) is 3.26. The molecular weight excluding hydrogens is 512 g/mol. The first-order chi connectivity index (χ1) is 13.9. The first kappa shape index (κ1) is 23.2. The van der Waals surface area contributed by atoms with Gasteiger partial charge in [0.15, 0.2) is 17.5 Å². The zero-order valence-corrected chi connectivity index (χ0v) is 19.3. The van der Waals surface area contributed by atoms with Crippen molar-refractivity contribution in [1.82, 2.24) is 15.5 Å². The number of nitrogens with zero attached hydrogens (tertiary/aromatic N) is 2. The van der Waals surface area contributed by atoms with Crippen molar-refractivity contribution in [3.63, 3.8) is 0 Å². The van der Waals surface area contributed by atoms with E-state index in [1.165, 1.54) is 10.5 Å². The SMILES string of the molecule is CCNC(=NCC1(c2ccc3c(c2)OCO3)CC1)NC1CCN(CC(F)(F)F)C1.I. The minimum atomic E-state index is -4.16. The number of hydrogen-bond donors (Lipinski definition) is 2. The smallest absolute Gasteiger partial charge is 0.401 e. The molecule has 1 unspecified atom stereocenters. The molecule has 10 heteroatoms. The fourth-order valence-corrected chi connectivity index (χ4v) is 4.01. The minimum absolute atomic E-state index is 0. The third kappa shape index (κ3) is 5.63. The first-order valence-corrected chi connectivity index (χ1v) is 10.1. The topological polar surface area (TPSA) is 58.1 Å². The quantitative estimate of drug-likeness (QED) is 0.330. The van der Waals surface area contributed by atoms with Gasteiger partial charge in [-0.1, -0.05) is 6.07 Å². The third-order valence-corrected chi connectivity index (χ3v) is 5.74.